The average Bonchev–Trinajstić information content (AvgIpc) is 3.54. The van der Waals surface area contributed by atoms with Gasteiger partial charge >= 0.3 is 5.97 Å². The number of nitriles is 1. The molecular formula is C26H20N4O4S. The molecule has 0 saturated heterocycles. The zero-order valence-electron chi connectivity index (χ0n) is 18.9. The molecule has 1 aliphatic rings. The molecule has 2 aromatic carbocycles. The summed E-state index contributed by atoms with van der Waals surface area (Å²) in [5, 5.41) is 19.1. The van der Waals surface area contributed by atoms with E-state index in [1.165, 1.54) is 18.4 Å². The van der Waals surface area contributed by atoms with E-state index in [9.17, 15) is 10.1 Å². The van der Waals surface area contributed by atoms with Gasteiger partial charge in [-0.3, -0.25) is 5.10 Å². The third-order valence-corrected chi connectivity index (χ3v) is 6.58. The fourth-order valence-corrected chi connectivity index (χ4v) is 4.61. The van der Waals surface area contributed by atoms with E-state index in [4.69, 9.17) is 19.9 Å². The molecule has 1 aliphatic heterocycles. The van der Waals surface area contributed by atoms with Gasteiger partial charge in [0, 0.05) is 5.56 Å². The van der Waals surface area contributed by atoms with Gasteiger partial charge in [0.15, 0.2) is 11.5 Å². The Balaban J connectivity index is 1.59. The van der Waals surface area contributed by atoms with E-state index in [0.29, 0.717) is 27.6 Å². The molecule has 0 aliphatic carbocycles. The van der Waals surface area contributed by atoms with E-state index in [0.717, 1.165) is 16.8 Å². The lowest BCUT2D eigenvalue weighted by molar-refractivity contribution is 0.0734. The van der Waals surface area contributed by atoms with Crippen molar-refractivity contribution in [2.45, 2.75) is 12.8 Å². The maximum Gasteiger partial charge on any atom is 0.353 e. The number of thiophene rings is 1. The van der Waals surface area contributed by atoms with Crippen LogP contribution in [-0.4, -0.2) is 23.3 Å². The molecule has 9 heteroatoms. The lowest BCUT2D eigenvalue weighted by Crippen LogP contribution is -2.21. The summed E-state index contributed by atoms with van der Waals surface area (Å²) in [4.78, 5) is 12.9. The number of methoxy groups -OCH3 is 1. The predicted molar refractivity (Wildman–Crippen MR) is 130 cm³/mol. The van der Waals surface area contributed by atoms with E-state index >= 15 is 0 Å². The van der Waals surface area contributed by atoms with Crippen LogP contribution in [0.3, 0.4) is 0 Å². The van der Waals surface area contributed by atoms with Crippen LogP contribution in [0, 0.1) is 18.3 Å². The van der Waals surface area contributed by atoms with Gasteiger partial charge in [0.2, 0.25) is 11.8 Å². The number of aromatic nitrogens is 2. The summed E-state index contributed by atoms with van der Waals surface area (Å²) in [6.07, 6.45) is 0. The van der Waals surface area contributed by atoms with Crippen molar-refractivity contribution in [3.05, 3.63) is 93.0 Å². The minimum Gasteiger partial charge on any atom is -0.493 e. The van der Waals surface area contributed by atoms with Gasteiger partial charge in [0.1, 0.15) is 16.5 Å². The van der Waals surface area contributed by atoms with E-state index in [1.807, 2.05) is 31.2 Å². The third kappa shape index (κ3) is 4.00. The highest BCUT2D eigenvalue weighted by molar-refractivity contribution is 7.12. The number of ether oxygens (including phenoxy) is 3. The SMILES string of the molecule is COc1cc([C@@H]2C(C#N)=C(N)Oc3n[nH]c(-c4ccc(C)cc4)c32)ccc1OC(=O)c1cccs1. The summed E-state index contributed by atoms with van der Waals surface area (Å²) in [5.74, 6) is -0.152. The standard InChI is InChI=1S/C26H20N4O4S/c1-14-5-7-15(8-6-14)23-22-21(17(13-27)24(28)34-25(22)30-29-23)16-9-10-18(19(12-16)32-2)33-26(31)20-4-3-11-35-20/h3-12,21H,28H2,1-2H3,(H,29,30)/t21-/m1/s1. The van der Waals surface area contributed by atoms with Crippen LogP contribution in [0.15, 0.2) is 71.4 Å². The first kappa shape index (κ1) is 22.3. The molecular weight excluding hydrogens is 464 g/mol. The number of aryl methyl sites for hydroxylation is 1. The Morgan fingerprint density at radius 1 is 1.20 bits per heavy atom. The third-order valence-electron chi connectivity index (χ3n) is 5.73. The van der Waals surface area contributed by atoms with E-state index in [2.05, 4.69) is 16.3 Å². The van der Waals surface area contributed by atoms with Crippen LogP contribution in [0.4, 0.5) is 0 Å². The van der Waals surface area contributed by atoms with Crippen LogP contribution in [0.1, 0.15) is 32.3 Å². The first-order chi connectivity index (χ1) is 17.0. The zero-order chi connectivity index (χ0) is 24.5. The number of esters is 1. The largest absolute Gasteiger partial charge is 0.493 e. The van der Waals surface area contributed by atoms with E-state index in [1.54, 1.807) is 35.7 Å². The number of fused-ring (bicyclic) bond motifs is 1. The molecule has 8 nitrogen and oxygen atoms in total. The summed E-state index contributed by atoms with van der Waals surface area (Å²) < 4.78 is 16.8. The molecule has 0 radical (unpaired) electrons. The lowest BCUT2D eigenvalue weighted by Gasteiger charge is -2.24. The highest BCUT2D eigenvalue weighted by Crippen LogP contribution is 2.47. The van der Waals surface area contributed by atoms with Crippen molar-refractivity contribution in [3.8, 4) is 34.7 Å². The minimum absolute atomic E-state index is 0.0147. The fourth-order valence-electron chi connectivity index (χ4n) is 4.01. The van der Waals surface area contributed by atoms with Gasteiger partial charge in [-0.15, -0.1) is 16.4 Å². The number of rotatable bonds is 5. The Morgan fingerprint density at radius 2 is 2.00 bits per heavy atom. The van der Waals surface area contributed by atoms with Crippen LogP contribution in [-0.2, 0) is 0 Å². The van der Waals surface area contributed by atoms with Gasteiger partial charge in [0.25, 0.3) is 0 Å². The number of H-pyrrole nitrogens is 1. The highest BCUT2D eigenvalue weighted by atomic mass is 32.1. The van der Waals surface area contributed by atoms with Crippen LogP contribution < -0.4 is 19.9 Å². The monoisotopic (exact) mass is 484 g/mol. The molecule has 3 N–H and O–H groups in total. The van der Waals surface area contributed by atoms with Gasteiger partial charge < -0.3 is 19.9 Å². The number of hydrogen-bond acceptors (Lipinski definition) is 8. The number of carbonyl (C=O) groups excluding carboxylic acids is 1. The Hall–Kier alpha value is -4.55. The maximum absolute atomic E-state index is 12.5. The summed E-state index contributed by atoms with van der Waals surface area (Å²) in [6, 6.07) is 18.7. The van der Waals surface area contributed by atoms with Gasteiger partial charge in [0.05, 0.1) is 24.3 Å². The van der Waals surface area contributed by atoms with Crippen molar-refractivity contribution in [3.63, 3.8) is 0 Å². The van der Waals surface area contributed by atoms with Gasteiger partial charge in [-0.25, -0.2) is 4.79 Å². The summed E-state index contributed by atoms with van der Waals surface area (Å²) in [5.41, 5.74) is 10.5. The molecule has 174 valence electrons. The second-order valence-corrected chi connectivity index (χ2v) is 8.83. The van der Waals surface area contributed by atoms with Crippen molar-refractivity contribution in [1.29, 1.82) is 5.26 Å². The number of allylic oxidation sites excluding steroid dienone is 1. The molecule has 5 rings (SSSR count). The van der Waals surface area contributed by atoms with Gasteiger partial charge in [-0.2, -0.15) is 5.26 Å². The second-order valence-electron chi connectivity index (χ2n) is 7.89. The summed E-state index contributed by atoms with van der Waals surface area (Å²) in [6.45, 7) is 2.01. The molecule has 35 heavy (non-hydrogen) atoms. The predicted octanol–water partition coefficient (Wildman–Crippen LogP) is 4.89. The molecule has 2 aromatic heterocycles. The smallest absolute Gasteiger partial charge is 0.353 e. The molecule has 0 spiro atoms. The number of aromatic amines is 1. The Bertz CT molecular complexity index is 1480. The first-order valence-electron chi connectivity index (χ1n) is 10.7. The van der Waals surface area contributed by atoms with Crippen molar-refractivity contribution in [1.82, 2.24) is 10.2 Å². The minimum atomic E-state index is -0.574. The molecule has 3 heterocycles. The topological polar surface area (TPSA) is 123 Å². The lowest BCUT2D eigenvalue weighted by atomic mass is 9.83. The van der Waals surface area contributed by atoms with Gasteiger partial charge in [-0.05, 0) is 36.1 Å². The number of nitrogens with one attached hydrogen (secondary N) is 1. The molecule has 1 atom stereocenters. The summed E-state index contributed by atoms with van der Waals surface area (Å²) in [7, 11) is 1.49. The molecule has 0 unspecified atom stereocenters. The first-order valence-corrected chi connectivity index (χ1v) is 11.5. The van der Waals surface area contributed by atoms with Crippen LogP contribution in [0.5, 0.6) is 17.4 Å². The molecule has 0 amide bonds. The fraction of sp³-hybridized carbons (Fsp3) is 0.115. The second kappa shape index (κ2) is 9.00. The highest BCUT2D eigenvalue weighted by Gasteiger charge is 2.36. The number of nitrogens with two attached hydrogens (primary N) is 1. The number of hydrogen-bond donors (Lipinski definition) is 2. The number of carbonyl (C=O) groups is 1. The Morgan fingerprint density at radius 3 is 2.69 bits per heavy atom. The Kier molecular flexibility index (Phi) is 5.73. The van der Waals surface area contributed by atoms with Crippen molar-refractivity contribution >= 4 is 17.3 Å². The Labute approximate surface area is 205 Å². The van der Waals surface area contributed by atoms with Crippen LogP contribution in [0.25, 0.3) is 11.3 Å². The summed E-state index contributed by atoms with van der Waals surface area (Å²) >= 11 is 1.29. The van der Waals surface area contributed by atoms with Gasteiger partial charge in [-0.1, -0.05) is 42.0 Å². The molecule has 0 bridgehead atoms. The average molecular weight is 485 g/mol. The zero-order valence-corrected chi connectivity index (χ0v) is 19.7. The maximum atomic E-state index is 12.5. The van der Waals surface area contributed by atoms with E-state index < -0.39 is 11.9 Å². The van der Waals surface area contributed by atoms with Crippen LogP contribution in [0.2, 0.25) is 0 Å². The van der Waals surface area contributed by atoms with Crippen molar-refractivity contribution < 1.29 is 19.0 Å². The normalized spacial score (nSPS) is 14.6. The number of nitrogens with zero attached hydrogens (tertiary/aromatic N) is 2. The van der Waals surface area contributed by atoms with E-state index in [-0.39, 0.29) is 17.2 Å². The van der Waals surface area contributed by atoms with Crippen molar-refractivity contribution in [2.24, 2.45) is 5.73 Å². The number of benzene rings is 2. The molecule has 4 aromatic rings. The van der Waals surface area contributed by atoms with Crippen molar-refractivity contribution in [2.75, 3.05) is 7.11 Å². The molecule has 0 fully saturated rings. The molecule has 0 saturated carbocycles. The quantitative estimate of drug-likeness (QED) is 0.305. The van der Waals surface area contributed by atoms with Crippen LogP contribution >= 0.6 is 11.3 Å².